The minimum Gasteiger partial charge on any atom is -0.459 e. The molecule has 0 aliphatic carbocycles. The summed E-state index contributed by atoms with van der Waals surface area (Å²) < 4.78 is 24.0. The largest absolute Gasteiger partial charge is 0.459 e. The molecule has 0 bridgehead atoms. The molecule has 252 valence electrons. The number of hydrogen-bond donors (Lipinski definition) is 0. The van der Waals surface area contributed by atoms with Crippen molar-refractivity contribution >= 4 is 46.8 Å². The average Bonchev–Trinajstić information content (AvgIpc) is 3.62. The van der Waals surface area contributed by atoms with Crippen molar-refractivity contribution in [3.8, 4) is 0 Å². The quantitative estimate of drug-likeness (QED) is 0.0788. The van der Waals surface area contributed by atoms with Gasteiger partial charge in [-0.1, -0.05) is 103 Å². The number of ether oxygens (including phenoxy) is 4. The highest BCUT2D eigenvalue weighted by Gasteiger charge is 2.52. The lowest BCUT2D eigenvalue weighted by Crippen LogP contribution is -2.42. The third-order valence-electron chi connectivity index (χ3n) is 7.71. The average molecular weight is 689 g/mol. The van der Waals surface area contributed by atoms with Crippen LogP contribution in [0.2, 0.25) is 0 Å². The summed E-state index contributed by atoms with van der Waals surface area (Å²) in [7, 11) is 0. The van der Waals surface area contributed by atoms with Gasteiger partial charge in [0.05, 0.1) is 16.7 Å². The summed E-state index contributed by atoms with van der Waals surface area (Å²) in [5, 5.41) is 0.262. The Balaban J connectivity index is 1.34. The Morgan fingerprint density at radius 3 is 1.78 bits per heavy atom. The van der Waals surface area contributed by atoms with Crippen LogP contribution in [-0.2, 0) is 23.7 Å². The summed E-state index contributed by atoms with van der Waals surface area (Å²) in [6.07, 6.45) is -0.262. The molecule has 4 atom stereocenters. The number of nitrogens with zero attached hydrogens (tertiary/aromatic N) is 2. The second-order valence-electron chi connectivity index (χ2n) is 11.1. The summed E-state index contributed by atoms with van der Waals surface area (Å²) in [5.74, 6) is -2.35. The first-order chi connectivity index (χ1) is 24.4. The lowest BCUT2D eigenvalue weighted by Gasteiger charge is -2.25. The maximum absolute atomic E-state index is 13.5. The van der Waals surface area contributed by atoms with Crippen molar-refractivity contribution in [3.63, 3.8) is 0 Å². The Morgan fingerprint density at radius 1 is 0.740 bits per heavy atom. The number of aliphatic imine (C=N–C) groups is 1. The third-order valence-corrected chi connectivity index (χ3v) is 8.84. The van der Waals surface area contributed by atoms with Gasteiger partial charge in [-0.05, 0) is 48.0 Å². The third kappa shape index (κ3) is 8.08. The fourth-order valence-electron chi connectivity index (χ4n) is 5.26. The highest BCUT2D eigenvalue weighted by molar-refractivity contribution is 8.14. The minimum absolute atomic E-state index is 0.141. The van der Waals surface area contributed by atoms with Crippen molar-refractivity contribution in [2.45, 2.75) is 23.7 Å². The van der Waals surface area contributed by atoms with E-state index in [9.17, 15) is 19.2 Å². The van der Waals surface area contributed by atoms with Gasteiger partial charge in [0.1, 0.15) is 18.4 Å². The van der Waals surface area contributed by atoms with E-state index >= 15 is 0 Å². The van der Waals surface area contributed by atoms with Crippen LogP contribution in [0.5, 0.6) is 0 Å². The van der Waals surface area contributed by atoms with E-state index < -0.39 is 41.7 Å². The zero-order chi connectivity index (χ0) is 34.9. The SMILES string of the molecule is C=CCN1C(=O)/C(=C/c2ccccc2)N=C1SC1OC(COC(=O)c2ccccc2)C(OC(=O)c2ccccc2)C1OC(=O)c1ccccc1. The van der Waals surface area contributed by atoms with Crippen LogP contribution >= 0.6 is 11.8 Å². The van der Waals surface area contributed by atoms with Crippen LogP contribution in [0.25, 0.3) is 6.08 Å². The van der Waals surface area contributed by atoms with E-state index in [0.717, 1.165) is 17.3 Å². The zero-order valence-electron chi connectivity index (χ0n) is 26.7. The molecule has 1 amide bonds. The molecule has 0 N–H and O–H groups in total. The normalized spacial score (nSPS) is 20.6. The van der Waals surface area contributed by atoms with Crippen molar-refractivity contribution in [3.05, 3.63) is 162 Å². The summed E-state index contributed by atoms with van der Waals surface area (Å²) in [6, 6.07) is 34.3. The number of carbonyl (C=O) groups excluding carboxylic acids is 4. The summed E-state index contributed by atoms with van der Waals surface area (Å²) >= 11 is 1.02. The first kappa shape index (κ1) is 34.1. The van der Waals surface area contributed by atoms with Gasteiger partial charge in [0.25, 0.3) is 5.91 Å². The van der Waals surface area contributed by atoms with Crippen LogP contribution in [0.1, 0.15) is 36.6 Å². The van der Waals surface area contributed by atoms with Crippen LogP contribution in [0.3, 0.4) is 0 Å². The number of thioether (sulfide) groups is 1. The fourth-order valence-corrected chi connectivity index (χ4v) is 6.44. The number of hydrogen-bond acceptors (Lipinski definition) is 10. The summed E-state index contributed by atoms with van der Waals surface area (Å²) in [4.78, 5) is 59.4. The van der Waals surface area contributed by atoms with E-state index in [2.05, 4.69) is 11.6 Å². The Bertz CT molecular complexity index is 1900. The molecule has 4 aromatic rings. The maximum atomic E-state index is 13.5. The maximum Gasteiger partial charge on any atom is 0.338 e. The van der Waals surface area contributed by atoms with E-state index in [0.29, 0.717) is 5.56 Å². The number of carbonyl (C=O) groups is 4. The van der Waals surface area contributed by atoms with Gasteiger partial charge in [-0.25, -0.2) is 19.4 Å². The lowest BCUT2D eigenvalue weighted by atomic mass is 10.1. The van der Waals surface area contributed by atoms with Crippen LogP contribution in [-0.4, -0.2) is 70.8 Å². The van der Waals surface area contributed by atoms with Gasteiger partial charge in [-0.2, -0.15) is 0 Å². The molecule has 0 spiro atoms. The van der Waals surface area contributed by atoms with E-state index in [1.165, 1.54) is 4.90 Å². The topological polar surface area (TPSA) is 121 Å². The van der Waals surface area contributed by atoms with Crippen LogP contribution in [0, 0.1) is 0 Å². The Hall–Kier alpha value is -5.78. The van der Waals surface area contributed by atoms with E-state index in [-0.39, 0.29) is 41.1 Å². The number of amidine groups is 1. The zero-order valence-corrected chi connectivity index (χ0v) is 27.5. The van der Waals surface area contributed by atoms with Gasteiger partial charge in [0, 0.05) is 6.54 Å². The highest BCUT2D eigenvalue weighted by Crippen LogP contribution is 2.38. The van der Waals surface area contributed by atoms with E-state index in [4.69, 9.17) is 18.9 Å². The van der Waals surface area contributed by atoms with Crippen molar-refractivity contribution in [2.75, 3.05) is 13.2 Å². The molecule has 0 radical (unpaired) electrons. The first-order valence-corrected chi connectivity index (χ1v) is 16.6. The van der Waals surface area contributed by atoms with Gasteiger partial charge in [-0.3, -0.25) is 9.69 Å². The Labute approximate surface area is 293 Å². The molecule has 1 fully saturated rings. The number of esters is 3. The van der Waals surface area contributed by atoms with Crippen LogP contribution < -0.4 is 0 Å². The first-order valence-electron chi connectivity index (χ1n) is 15.8. The molecule has 4 unspecified atom stereocenters. The predicted octanol–water partition coefficient (Wildman–Crippen LogP) is 6.18. The highest BCUT2D eigenvalue weighted by atomic mass is 32.2. The monoisotopic (exact) mass is 688 g/mol. The molecule has 10 nitrogen and oxygen atoms in total. The molecule has 4 aromatic carbocycles. The van der Waals surface area contributed by atoms with Gasteiger partial charge in [0.2, 0.25) is 0 Å². The number of amides is 1. The molecule has 0 aromatic heterocycles. The lowest BCUT2D eigenvalue weighted by molar-refractivity contribution is -0.122. The van der Waals surface area contributed by atoms with Crippen LogP contribution in [0.4, 0.5) is 0 Å². The molecule has 2 aliphatic rings. The molecule has 11 heteroatoms. The van der Waals surface area contributed by atoms with Crippen molar-refractivity contribution in [1.82, 2.24) is 4.90 Å². The second-order valence-corrected chi connectivity index (χ2v) is 12.2. The molecule has 2 heterocycles. The molecular weight excluding hydrogens is 657 g/mol. The van der Waals surface area contributed by atoms with Gasteiger partial charge in [0.15, 0.2) is 22.8 Å². The smallest absolute Gasteiger partial charge is 0.338 e. The molecule has 2 aliphatic heterocycles. The van der Waals surface area contributed by atoms with Gasteiger partial charge < -0.3 is 18.9 Å². The minimum atomic E-state index is -1.22. The van der Waals surface area contributed by atoms with Crippen molar-refractivity contribution in [2.24, 2.45) is 4.99 Å². The summed E-state index contributed by atoms with van der Waals surface area (Å²) in [6.45, 7) is 3.59. The fraction of sp³-hybridized carbons (Fsp3) is 0.154. The molecule has 1 saturated heterocycles. The number of rotatable bonds is 11. The number of benzene rings is 4. The van der Waals surface area contributed by atoms with Crippen LogP contribution in [0.15, 0.2) is 145 Å². The molecule has 0 saturated carbocycles. The molecular formula is C39H32N2O8S. The van der Waals surface area contributed by atoms with E-state index in [1.807, 2.05) is 30.3 Å². The van der Waals surface area contributed by atoms with E-state index in [1.54, 1.807) is 103 Å². The van der Waals surface area contributed by atoms with Gasteiger partial charge >= 0.3 is 17.9 Å². The standard InChI is InChI=1S/C39H32N2O8S/c1-2-23-41-34(42)30(24-26-15-7-3-8-16-26)40-39(41)50-38-33(49-37(45)29-21-13-6-14-22-29)32(48-36(44)28-19-11-5-12-20-28)31(47-38)25-46-35(43)27-17-9-4-10-18-27/h2-22,24,31-33,38H,1,23,25H2/b30-24-. The predicted molar refractivity (Wildman–Crippen MR) is 188 cm³/mol. The Kier molecular flexibility index (Phi) is 11.0. The Morgan fingerprint density at radius 2 is 1.24 bits per heavy atom. The van der Waals surface area contributed by atoms with Gasteiger partial charge in [-0.15, -0.1) is 6.58 Å². The summed E-state index contributed by atoms with van der Waals surface area (Å²) in [5.41, 5.74) is 0.763. The molecule has 50 heavy (non-hydrogen) atoms. The van der Waals surface area contributed by atoms with Crippen molar-refractivity contribution in [1.29, 1.82) is 0 Å². The molecule has 6 rings (SSSR count). The second kappa shape index (κ2) is 16.1. The van der Waals surface area contributed by atoms with Crippen molar-refractivity contribution < 1.29 is 38.1 Å².